The SMILES string of the molecule is CCc1c(Cl)c(Cl)c(Cl)c(CC)c1CC. The molecule has 0 fully saturated rings. The summed E-state index contributed by atoms with van der Waals surface area (Å²) in [5, 5.41) is 1.75. The van der Waals surface area contributed by atoms with Gasteiger partial charge < -0.3 is 0 Å². The van der Waals surface area contributed by atoms with E-state index in [1.165, 1.54) is 5.56 Å². The van der Waals surface area contributed by atoms with Gasteiger partial charge in [-0.3, -0.25) is 0 Å². The lowest BCUT2D eigenvalue weighted by molar-refractivity contribution is 0.982. The highest BCUT2D eigenvalue weighted by Crippen LogP contribution is 2.39. The van der Waals surface area contributed by atoms with Gasteiger partial charge in [0.05, 0.1) is 15.1 Å². The van der Waals surface area contributed by atoms with Gasteiger partial charge in [-0.15, -0.1) is 0 Å². The topological polar surface area (TPSA) is 0 Å². The third kappa shape index (κ3) is 2.27. The summed E-state index contributed by atoms with van der Waals surface area (Å²) in [5.74, 6) is 0. The van der Waals surface area contributed by atoms with Crippen molar-refractivity contribution >= 4 is 34.8 Å². The van der Waals surface area contributed by atoms with Crippen LogP contribution in [0.4, 0.5) is 0 Å². The fourth-order valence-corrected chi connectivity index (χ4v) is 2.93. The van der Waals surface area contributed by atoms with E-state index in [-0.39, 0.29) is 0 Å². The Morgan fingerprint density at radius 2 is 0.933 bits per heavy atom. The van der Waals surface area contributed by atoms with Crippen LogP contribution >= 0.6 is 34.8 Å². The van der Waals surface area contributed by atoms with Crippen molar-refractivity contribution in [1.82, 2.24) is 0 Å². The molecule has 0 aliphatic heterocycles. The Hall–Kier alpha value is 0.0900. The van der Waals surface area contributed by atoms with Crippen molar-refractivity contribution in [2.24, 2.45) is 0 Å². The molecular formula is C12H15Cl3. The molecule has 0 amide bonds. The molecule has 0 radical (unpaired) electrons. The first-order chi connectivity index (χ1) is 7.08. The summed E-state index contributed by atoms with van der Waals surface area (Å²) in [4.78, 5) is 0. The van der Waals surface area contributed by atoms with E-state index in [9.17, 15) is 0 Å². The van der Waals surface area contributed by atoms with E-state index in [2.05, 4.69) is 20.8 Å². The van der Waals surface area contributed by atoms with E-state index in [1.807, 2.05) is 0 Å². The maximum atomic E-state index is 6.20. The van der Waals surface area contributed by atoms with Crippen molar-refractivity contribution in [3.8, 4) is 0 Å². The number of halogens is 3. The van der Waals surface area contributed by atoms with Crippen molar-refractivity contribution in [1.29, 1.82) is 0 Å². The molecule has 0 N–H and O–H groups in total. The third-order valence-corrected chi connectivity index (χ3v) is 4.11. The zero-order valence-electron chi connectivity index (χ0n) is 9.26. The molecule has 1 aromatic rings. The second kappa shape index (κ2) is 5.43. The lowest BCUT2D eigenvalue weighted by Gasteiger charge is -2.17. The number of hydrogen-bond donors (Lipinski definition) is 0. The molecule has 0 saturated heterocycles. The van der Waals surface area contributed by atoms with Crippen molar-refractivity contribution in [2.75, 3.05) is 0 Å². The van der Waals surface area contributed by atoms with Crippen LogP contribution in [0.3, 0.4) is 0 Å². The van der Waals surface area contributed by atoms with Crippen molar-refractivity contribution in [2.45, 2.75) is 40.0 Å². The molecule has 0 aromatic heterocycles. The van der Waals surface area contributed by atoms with E-state index < -0.39 is 0 Å². The molecule has 0 heterocycles. The van der Waals surface area contributed by atoms with E-state index >= 15 is 0 Å². The van der Waals surface area contributed by atoms with Crippen LogP contribution < -0.4 is 0 Å². The van der Waals surface area contributed by atoms with Gasteiger partial charge in [0.25, 0.3) is 0 Å². The van der Waals surface area contributed by atoms with Gasteiger partial charge >= 0.3 is 0 Å². The largest absolute Gasteiger partial charge is 0.0823 e. The van der Waals surface area contributed by atoms with Crippen LogP contribution in [0.5, 0.6) is 0 Å². The third-order valence-electron chi connectivity index (χ3n) is 2.70. The minimum atomic E-state index is 0.504. The van der Waals surface area contributed by atoms with Gasteiger partial charge in [-0.05, 0) is 36.0 Å². The molecule has 3 heteroatoms. The molecule has 1 aromatic carbocycles. The lowest BCUT2D eigenvalue weighted by atomic mass is 9.95. The Morgan fingerprint density at radius 1 is 0.600 bits per heavy atom. The average Bonchev–Trinajstić information content (AvgIpc) is 2.25. The van der Waals surface area contributed by atoms with Crippen LogP contribution in [0.15, 0.2) is 0 Å². The van der Waals surface area contributed by atoms with E-state index in [1.54, 1.807) is 0 Å². The van der Waals surface area contributed by atoms with E-state index in [0.717, 1.165) is 30.4 Å². The number of benzene rings is 1. The van der Waals surface area contributed by atoms with Crippen LogP contribution in [-0.2, 0) is 19.3 Å². The van der Waals surface area contributed by atoms with Gasteiger partial charge in [0.2, 0.25) is 0 Å². The van der Waals surface area contributed by atoms with E-state index in [4.69, 9.17) is 34.8 Å². The second-order valence-corrected chi connectivity index (χ2v) is 4.57. The highest BCUT2D eigenvalue weighted by Gasteiger charge is 2.17. The maximum absolute atomic E-state index is 6.20. The highest BCUT2D eigenvalue weighted by molar-refractivity contribution is 6.48. The molecule has 0 bridgehead atoms. The second-order valence-electron chi connectivity index (χ2n) is 3.44. The molecular weight excluding hydrogens is 250 g/mol. The van der Waals surface area contributed by atoms with Gasteiger partial charge in [0, 0.05) is 0 Å². The smallest absolute Gasteiger partial charge is 0.0784 e. The van der Waals surface area contributed by atoms with Gasteiger partial charge in [0.1, 0.15) is 0 Å². The van der Waals surface area contributed by atoms with Crippen LogP contribution in [0.2, 0.25) is 15.1 Å². The number of hydrogen-bond acceptors (Lipinski definition) is 0. The monoisotopic (exact) mass is 264 g/mol. The summed E-state index contributed by atoms with van der Waals surface area (Å²) in [6.45, 7) is 6.29. The lowest BCUT2D eigenvalue weighted by Crippen LogP contribution is -2.01. The average molecular weight is 266 g/mol. The predicted molar refractivity (Wildman–Crippen MR) is 69.6 cm³/mol. The Balaban J connectivity index is 3.59. The molecule has 0 spiro atoms. The zero-order valence-corrected chi connectivity index (χ0v) is 11.5. The summed E-state index contributed by atoms with van der Waals surface area (Å²) in [6.07, 6.45) is 2.74. The van der Waals surface area contributed by atoms with Crippen LogP contribution in [0.1, 0.15) is 37.5 Å². The van der Waals surface area contributed by atoms with Gasteiger partial charge in [0.15, 0.2) is 0 Å². The van der Waals surface area contributed by atoms with Gasteiger partial charge in [-0.25, -0.2) is 0 Å². The van der Waals surface area contributed by atoms with Gasteiger partial charge in [-0.2, -0.15) is 0 Å². The van der Waals surface area contributed by atoms with Crippen LogP contribution in [0, 0.1) is 0 Å². The fraction of sp³-hybridized carbons (Fsp3) is 0.500. The molecule has 0 nitrogen and oxygen atoms in total. The van der Waals surface area contributed by atoms with Crippen molar-refractivity contribution in [3.05, 3.63) is 31.8 Å². The molecule has 0 aliphatic carbocycles. The standard InChI is InChI=1S/C12H15Cl3/c1-4-7-8(5-2)10(13)12(15)11(14)9(7)6-3/h4-6H2,1-3H3. The predicted octanol–water partition coefficient (Wildman–Crippen LogP) is 5.33. The first-order valence-corrected chi connectivity index (χ1v) is 6.38. The Bertz CT molecular complexity index is 339. The molecule has 0 atom stereocenters. The molecule has 84 valence electrons. The molecule has 1 rings (SSSR count). The molecule has 15 heavy (non-hydrogen) atoms. The fourth-order valence-electron chi connectivity index (χ4n) is 1.97. The van der Waals surface area contributed by atoms with Gasteiger partial charge in [-0.1, -0.05) is 55.6 Å². The summed E-state index contributed by atoms with van der Waals surface area (Å²) < 4.78 is 0. The summed E-state index contributed by atoms with van der Waals surface area (Å²) in [5.41, 5.74) is 3.55. The molecule has 0 aliphatic rings. The zero-order chi connectivity index (χ0) is 11.6. The first-order valence-electron chi connectivity index (χ1n) is 5.25. The number of rotatable bonds is 3. The van der Waals surface area contributed by atoms with Crippen LogP contribution in [0.25, 0.3) is 0 Å². The van der Waals surface area contributed by atoms with Crippen molar-refractivity contribution < 1.29 is 0 Å². The minimum absolute atomic E-state index is 0.504. The molecule has 0 saturated carbocycles. The summed E-state index contributed by atoms with van der Waals surface area (Å²) in [7, 11) is 0. The Morgan fingerprint density at radius 3 is 1.20 bits per heavy atom. The minimum Gasteiger partial charge on any atom is -0.0823 e. The maximum Gasteiger partial charge on any atom is 0.0784 e. The Kier molecular flexibility index (Phi) is 4.76. The normalized spacial score (nSPS) is 10.8. The Labute approximate surface area is 107 Å². The summed E-state index contributed by atoms with van der Waals surface area (Å²) in [6, 6.07) is 0. The summed E-state index contributed by atoms with van der Waals surface area (Å²) >= 11 is 18.5. The quantitative estimate of drug-likeness (QED) is 0.648. The molecule has 0 unspecified atom stereocenters. The van der Waals surface area contributed by atoms with E-state index in [0.29, 0.717) is 15.1 Å². The van der Waals surface area contributed by atoms with Crippen LogP contribution in [-0.4, -0.2) is 0 Å². The highest BCUT2D eigenvalue weighted by atomic mass is 35.5. The van der Waals surface area contributed by atoms with Crippen molar-refractivity contribution in [3.63, 3.8) is 0 Å². The first kappa shape index (κ1) is 13.2.